The van der Waals surface area contributed by atoms with Crippen LogP contribution in [-0.4, -0.2) is 41.9 Å². The molecule has 0 bridgehead atoms. The molecule has 1 amide bonds. The Hall–Kier alpha value is -1.98. The smallest absolute Gasteiger partial charge is 0.256 e. The summed E-state index contributed by atoms with van der Waals surface area (Å²) >= 11 is 5.88. The van der Waals surface area contributed by atoms with Gasteiger partial charge in [-0.15, -0.1) is 0 Å². The minimum absolute atomic E-state index is 0.0810. The second kappa shape index (κ2) is 7.28. The van der Waals surface area contributed by atoms with E-state index in [1.165, 1.54) is 6.07 Å². The Morgan fingerprint density at radius 2 is 1.67 bits per heavy atom. The number of nitrogens with zero attached hydrogens (tertiary/aromatic N) is 2. The maximum absolute atomic E-state index is 13.7. The van der Waals surface area contributed by atoms with Gasteiger partial charge in [0.2, 0.25) is 0 Å². The fourth-order valence-electron chi connectivity index (χ4n) is 2.79. The number of piperazine rings is 1. The van der Waals surface area contributed by atoms with Crippen molar-refractivity contribution in [3.05, 3.63) is 70.2 Å². The molecule has 1 saturated heterocycles. The first kappa shape index (κ1) is 16.9. The Balaban J connectivity index is 1.58. The van der Waals surface area contributed by atoms with Gasteiger partial charge >= 0.3 is 0 Å². The summed E-state index contributed by atoms with van der Waals surface area (Å²) in [4.78, 5) is 16.2. The number of rotatable bonds is 3. The van der Waals surface area contributed by atoms with Crippen LogP contribution in [-0.2, 0) is 6.54 Å². The molecule has 2 aromatic rings. The van der Waals surface area contributed by atoms with Gasteiger partial charge in [-0.05, 0) is 29.8 Å². The first-order valence-corrected chi connectivity index (χ1v) is 8.12. The Morgan fingerprint density at radius 3 is 2.29 bits per heavy atom. The van der Waals surface area contributed by atoms with E-state index in [4.69, 9.17) is 11.6 Å². The molecule has 0 saturated carbocycles. The molecule has 0 radical (unpaired) electrons. The van der Waals surface area contributed by atoms with Crippen molar-refractivity contribution in [1.82, 2.24) is 9.80 Å². The van der Waals surface area contributed by atoms with Crippen molar-refractivity contribution in [3.63, 3.8) is 0 Å². The fourth-order valence-corrected chi connectivity index (χ4v) is 2.92. The van der Waals surface area contributed by atoms with Gasteiger partial charge in [0.25, 0.3) is 5.91 Å². The summed E-state index contributed by atoms with van der Waals surface area (Å²) in [5.74, 6) is -1.89. The standard InChI is InChI=1S/C18H17ClF2N2O/c19-14-3-1-13(2-4-14)12-22-7-9-23(10-8-22)18(24)16-6-5-15(20)11-17(16)21/h1-6,11H,7-10,12H2. The molecule has 6 heteroatoms. The average molecular weight is 351 g/mol. The van der Waals surface area contributed by atoms with Crippen LogP contribution >= 0.6 is 11.6 Å². The van der Waals surface area contributed by atoms with Gasteiger partial charge in [0, 0.05) is 43.8 Å². The number of amides is 1. The van der Waals surface area contributed by atoms with Gasteiger partial charge in [-0.3, -0.25) is 9.69 Å². The summed E-state index contributed by atoms with van der Waals surface area (Å²) in [5, 5.41) is 0.704. The van der Waals surface area contributed by atoms with Gasteiger partial charge in [-0.2, -0.15) is 0 Å². The molecule has 1 heterocycles. The molecule has 3 rings (SSSR count). The lowest BCUT2D eigenvalue weighted by molar-refractivity contribution is 0.0624. The molecule has 1 fully saturated rings. The fraction of sp³-hybridized carbons (Fsp3) is 0.278. The Kier molecular flexibility index (Phi) is 5.11. The lowest BCUT2D eigenvalue weighted by Gasteiger charge is -2.34. The summed E-state index contributed by atoms with van der Waals surface area (Å²) in [6.45, 7) is 3.23. The van der Waals surface area contributed by atoms with Gasteiger partial charge in [-0.25, -0.2) is 8.78 Å². The largest absolute Gasteiger partial charge is 0.336 e. The van der Waals surface area contributed by atoms with E-state index in [0.717, 1.165) is 24.2 Å². The maximum Gasteiger partial charge on any atom is 0.256 e. The zero-order valence-electron chi connectivity index (χ0n) is 13.0. The molecular weight excluding hydrogens is 334 g/mol. The number of hydrogen-bond acceptors (Lipinski definition) is 2. The number of halogens is 3. The van der Waals surface area contributed by atoms with Crippen molar-refractivity contribution in [2.24, 2.45) is 0 Å². The second-order valence-electron chi connectivity index (χ2n) is 5.82. The molecule has 0 aromatic heterocycles. The van der Waals surface area contributed by atoms with Crippen LogP contribution < -0.4 is 0 Å². The normalized spacial score (nSPS) is 15.5. The highest BCUT2D eigenvalue weighted by atomic mass is 35.5. The van der Waals surface area contributed by atoms with Crippen LogP contribution in [0.25, 0.3) is 0 Å². The number of carbonyl (C=O) groups is 1. The van der Waals surface area contributed by atoms with Crippen LogP contribution in [0.2, 0.25) is 5.02 Å². The molecule has 126 valence electrons. The monoisotopic (exact) mass is 350 g/mol. The predicted molar refractivity (Wildman–Crippen MR) is 89.0 cm³/mol. The average Bonchev–Trinajstić information content (AvgIpc) is 2.57. The third-order valence-corrected chi connectivity index (χ3v) is 4.39. The van der Waals surface area contributed by atoms with Gasteiger partial charge in [0.15, 0.2) is 0 Å². The molecule has 0 unspecified atom stereocenters. The molecule has 0 aliphatic carbocycles. The molecule has 3 nitrogen and oxygen atoms in total. The van der Waals surface area contributed by atoms with E-state index in [-0.39, 0.29) is 5.56 Å². The topological polar surface area (TPSA) is 23.6 Å². The third kappa shape index (κ3) is 3.91. The van der Waals surface area contributed by atoms with Gasteiger partial charge < -0.3 is 4.90 Å². The SMILES string of the molecule is O=C(c1ccc(F)cc1F)N1CCN(Cc2ccc(Cl)cc2)CC1. The Bertz CT molecular complexity index is 728. The minimum atomic E-state index is -0.816. The quantitative estimate of drug-likeness (QED) is 0.844. The van der Waals surface area contributed by atoms with Crippen LogP contribution in [0.1, 0.15) is 15.9 Å². The Labute approximate surface area is 144 Å². The van der Waals surface area contributed by atoms with Crippen molar-refractivity contribution in [3.8, 4) is 0 Å². The van der Waals surface area contributed by atoms with Crippen LogP contribution in [0.4, 0.5) is 8.78 Å². The summed E-state index contributed by atoms with van der Waals surface area (Å²) in [5.41, 5.74) is 1.08. The Morgan fingerprint density at radius 1 is 1.00 bits per heavy atom. The molecule has 24 heavy (non-hydrogen) atoms. The zero-order chi connectivity index (χ0) is 17.1. The van der Waals surface area contributed by atoms with E-state index in [1.54, 1.807) is 4.90 Å². The summed E-state index contributed by atoms with van der Waals surface area (Å²) < 4.78 is 26.7. The molecule has 1 aliphatic heterocycles. The molecule has 0 spiro atoms. The molecule has 0 atom stereocenters. The van der Waals surface area contributed by atoms with Crippen LogP contribution in [0.15, 0.2) is 42.5 Å². The van der Waals surface area contributed by atoms with Gasteiger partial charge in [0.05, 0.1) is 5.56 Å². The lowest BCUT2D eigenvalue weighted by atomic mass is 10.1. The van der Waals surface area contributed by atoms with E-state index in [2.05, 4.69) is 4.90 Å². The molecule has 2 aromatic carbocycles. The summed E-state index contributed by atoms with van der Waals surface area (Å²) in [7, 11) is 0. The first-order valence-electron chi connectivity index (χ1n) is 7.74. The van der Waals surface area contributed by atoms with E-state index in [1.807, 2.05) is 24.3 Å². The lowest BCUT2D eigenvalue weighted by Crippen LogP contribution is -2.48. The van der Waals surface area contributed by atoms with Gasteiger partial charge in [-0.1, -0.05) is 23.7 Å². The van der Waals surface area contributed by atoms with E-state index in [9.17, 15) is 13.6 Å². The van der Waals surface area contributed by atoms with Crippen LogP contribution in [0, 0.1) is 11.6 Å². The van der Waals surface area contributed by atoms with Crippen molar-refractivity contribution in [2.75, 3.05) is 26.2 Å². The number of hydrogen-bond donors (Lipinski definition) is 0. The van der Waals surface area contributed by atoms with E-state index >= 15 is 0 Å². The second-order valence-corrected chi connectivity index (χ2v) is 6.26. The summed E-state index contributed by atoms with van der Waals surface area (Å²) in [6.07, 6.45) is 0. The number of carbonyl (C=O) groups excluding carboxylic acids is 1. The molecule has 0 N–H and O–H groups in total. The van der Waals surface area contributed by atoms with Crippen LogP contribution in [0.5, 0.6) is 0 Å². The van der Waals surface area contributed by atoms with Crippen molar-refractivity contribution < 1.29 is 13.6 Å². The molecular formula is C18H17ClF2N2O. The number of benzene rings is 2. The highest BCUT2D eigenvalue weighted by Gasteiger charge is 2.24. The maximum atomic E-state index is 13.7. The highest BCUT2D eigenvalue weighted by Crippen LogP contribution is 2.16. The van der Waals surface area contributed by atoms with Gasteiger partial charge in [0.1, 0.15) is 11.6 Å². The highest BCUT2D eigenvalue weighted by molar-refractivity contribution is 6.30. The van der Waals surface area contributed by atoms with Crippen LogP contribution in [0.3, 0.4) is 0 Å². The van der Waals surface area contributed by atoms with Crippen molar-refractivity contribution >= 4 is 17.5 Å². The minimum Gasteiger partial charge on any atom is -0.336 e. The van der Waals surface area contributed by atoms with Crippen molar-refractivity contribution in [1.29, 1.82) is 0 Å². The summed E-state index contributed by atoms with van der Waals surface area (Å²) in [6, 6.07) is 10.7. The van der Waals surface area contributed by atoms with E-state index < -0.39 is 17.5 Å². The zero-order valence-corrected chi connectivity index (χ0v) is 13.8. The first-order chi connectivity index (χ1) is 11.5. The molecule has 1 aliphatic rings. The third-order valence-electron chi connectivity index (χ3n) is 4.14. The van der Waals surface area contributed by atoms with Crippen molar-refractivity contribution in [2.45, 2.75) is 6.54 Å². The predicted octanol–water partition coefficient (Wildman–Crippen LogP) is 3.58. The van der Waals surface area contributed by atoms with E-state index in [0.29, 0.717) is 31.2 Å².